The van der Waals surface area contributed by atoms with Crippen LogP contribution in [0.2, 0.25) is 0 Å². The average molecular weight is 742 g/mol. The topological polar surface area (TPSA) is 104 Å². The monoisotopic (exact) mass is 741 g/mol. The van der Waals surface area contributed by atoms with Gasteiger partial charge in [0.25, 0.3) is 10.0 Å². The molecule has 9 rings (SSSR count). The molecule has 6 aliphatic carbocycles. The zero-order valence-corrected chi connectivity index (χ0v) is 32.1. The van der Waals surface area contributed by atoms with E-state index in [2.05, 4.69) is 44.2 Å². The number of benzene rings is 2. The third-order valence-corrected chi connectivity index (χ3v) is 17.7. The molecule has 3 saturated carbocycles. The molecule has 2 aromatic carbocycles. The van der Waals surface area contributed by atoms with Gasteiger partial charge in [-0.15, -0.1) is 11.3 Å². The van der Waals surface area contributed by atoms with Crippen molar-refractivity contribution in [3.63, 3.8) is 0 Å². The summed E-state index contributed by atoms with van der Waals surface area (Å²) in [7, 11) is -2.24. The summed E-state index contributed by atoms with van der Waals surface area (Å²) >= 11 is 1.20. The Balaban J connectivity index is 1.20. The molecule has 8 unspecified atom stereocenters. The van der Waals surface area contributed by atoms with Crippen molar-refractivity contribution in [2.75, 3.05) is 26.8 Å². The van der Waals surface area contributed by atoms with Crippen molar-refractivity contribution in [2.45, 2.75) is 81.1 Å². The van der Waals surface area contributed by atoms with Crippen LogP contribution in [-0.2, 0) is 14.8 Å². The Morgan fingerprint density at radius 1 is 0.904 bits per heavy atom. The number of carbonyl (C=O) groups is 1. The highest BCUT2D eigenvalue weighted by Crippen LogP contribution is 2.78. The van der Waals surface area contributed by atoms with Crippen molar-refractivity contribution >= 4 is 27.1 Å². The van der Waals surface area contributed by atoms with Gasteiger partial charge in [0.05, 0.1) is 11.7 Å². The second kappa shape index (κ2) is 12.8. The molecular weight excluding hydrogens is 691 g/mol. The third-order valence-electron chi connectivity index (χ3n) is 14.5. The van der Waals surface area contributed by atoms with Crippen molar-refractivity contribution < 1.29 is 28.2 Å². The van der Waals surface area contributed by atoms with Crippen LogP contribution in [0.25, 0.3) is 11.1 Å². The number of Topliss-reactive ketones (excluding diaryl/α,β-unsaturated/α-hetero) is 1. The van der Waals surface area contributed by atoms with E-state index in [9.17, 15) is 18.6 Å². The van der Waals surface area contributed by atoms with Gasteiger partial charge in [0, 0.05) is 54.2 Å². The summed E-state index contributed by atoms with van der Waals surface area (Å²) < 4.78 is 35.2. The molecule has 0 amide bonds. The number of fused-ring (bicyclic) bond motifs is 1. The molecule has 0 aliphatic heterocycles. The minimum Gasteiger partial charge on any atom is -0.393 e. The van der Waals surface area contributed by atoms with Gasteiger partial charge >= 0.3 is 0 Å². The lowest BCUT2D eigenvalue weighted by Crippen LogP contribution is -2.67. The van der Waals surface area contributed by atoms with Gasteiger partial charge in [-0.25, -0.2) is 8.42 Å². The van der Waals surface area contributed by atoms with E-state index >= 15 is 4.79 Å². The fourth-order valence-electron chi connectivity index (χ4n) is 11.7. The van der Waals surface area contributed by atoms with Crippen molar-refractivity contribution in [3.8, 4) is 11.1 Å². The maximum atomic E-state index is 15.1. The highest BCUT2D eigenvalue weighted by Gasteiger charge is 2.74. The minimum atomic E-state index is -3.85. The summed E-state index contributed by atoms with van der Waals surface area (Å²) in [6.07, 6.45) is 11.8. The normalized spacial score (nSPS) is 36.3. The number of aliphatic hydroxyl groups is 2. The van der Waals surface area contributed by atoms with Crippen LogP contribution in [0.15, 0.2) is 100 Å². The van der Waals surface area contributed by atoms with Gasteiger partial charge in [-0.2, -0.15) is 4.31 Å². The Kier molecular flexibility index (Phi) is 8.91. The lowest BCUT2D eigenvalue weighted by Gasteiger charge is -2.71. The van der Waals surface area contributed by atoms with Crippen LogP contribution in [0, 0.1) is 33.5 Å². The van der Waals surface area contributed by atoms with E-state index in [1.165, 1.54) is 15.6 Å². The van der Waals surface area contributed by atoms with Crippen molar-refractivity contribution in [1.82, 2.24) is 4.31 Å². The molecule has 52 heavy (non-hydrogen) atoms. The summed E-state index contributed by atoms with van der Waals surface area (Å²) in [6, 6.07) is 21.5. The van der Waals surface area contributed by atoms with Crippen LogP contribution in [0.3, 0.4) is 0 Å². The number of allylic oxidation sites excluding steroid dienone is 4. The molecule has 276 valence electrons. The fourth-order valence-corrected chi connectivity index (χ4v) is 14.4. The Morgan fingerprint density at radius 2 is 1.60 bits per heavy atom. The second-order valence-electron chi connectivity index (χ2n) is 16.7. The molecule has 3 fully saturated rings. The van der Waals surface area contributed by atoms with E-state index in [1.807, 2.05) is 42.5 Å². The van der Waals surface area contributed by atoms with Crippen molar-refractivity contribution in [1.29, 1.82) is 0 Å². The molecule has 1 aromatic heterocycles. The molecule has 7 nitrogen and oxygen atoms in total. The lowest BCUT2D eigenvalue weighted by molar-refractivity contribution is -0.173. The summed E-state index contributed by atoms with van der Waals surface area (Å²) in [5.41, 5.74) is 0.409. The predicted molar refractivity (Wildman–Crippen MR) is 204 cm³/mol. The number of rotatable bonds is 11. The second-order valence-corrected chi connectivity index (χ2v) is 19.8. The van der Waals surface area contributed by atoms with E-state index in [0.717, 1.165) is 42.4 Å². The molecule has 0 saturated heterocycles. The van der Waals surface area contributed by atoms with Crippen molar-refractivity contribution in [3.05, 3.63) is 101 Å². The Bertz CT molecular complexity index is 1990. The van der Waals surface area contributed by atoms with Crippen LogP contribution in [0.4, 0.5) is 0 Å². The zero-order valence-electron chi connectivity index (χ0n) is 30.5. The number of ether oxygens (including phenoxy) is 1. The molecule has 8 atom stereocenters. The number of aliphatic hydroxyl groups excluding tert-OH is 1. The number of thiophene rings is 1. The molecule has 2 N–H and O–H groups in total. The zero-order chi connectivity index (χ0) is 36.6. The van der Waals surface area contributed by atoms with E-state index < -0.39 is 38.0 Å². The van der Waals surface area contributed by atoms with Crippen LogP contribution in [0.1, 0.15) is 75.6 Å². The molecule has 2 bridgehead atoms. The number of methoxy groups -OCH3 is 1. The van der Waals surface area contributed by atoms with Gasteiger partial charge in [-0.1, -0.05) is 92.7 Å². The first-order chi connectivity index (χ1) is 24.8. The smallest absolute Gasteiger partial charge is 0.252 e. The molecule has 1 heterocycles. The summed E-state index contributed by atoms with van der Waals surface area (Å²) in [5.74, 6) is 0.0840. The molecule has 0 radical (unpaired) electrons. The molecular formula is C43H51NO6S2. The summed E-state index contributed by atoms with van der Waals surface area (Å²) in [5, 5.41) is 25.8. The van der Waals surface area contributed by atoms with Gasteiger partial charge in [0.1, 0.15) is 4.21 Å². The first kappa shape index (κ1) is 36.1. The van der Waals surface area contributed by atoms with Gasteiger partial charge in [-0.3, -0.25) is 4.79 Å². The third kappa shape index (κ3) is 5.17. The molecule has 2 spiro atoms. The van der Waals surface area contributed by atoms with E-state index in [-0.39, 0.29) is 40.3 Å². The van der Waals surface area contributed by atoms with Gasteiger partial charge in [-0.05, 0) is 91.2 Å². The molecule has 6 aliphatic rings. The van der Waals surface area contributed by atoms with Gasteiger partial charge in [0.2, 0.25) is 0 Å². The van der Waals surface area contributed by atoms with E-state index in [4.69, 9.17) is 4.74 Å². The predicted octanol–water partition coefficient (Wildman–Crippen LogP) is 7.92. The Hall–Kier alpha value is -2.92. The van der Waals surface area contributed by atoms with E-state index in [1.54, 1.807) is 24.6 Å². The van der Waals surface area contributed by atoms with Crippen LogP contribution < -0.4 is 0 Å². The molecule has 9 heteroatoms. The average Bonchev–Trinajstić information content (AvgIpc) is 3.79. The van der Waals surface area contributed by atoms with Gasteiger partial charge in [0.15, 0.2) is 5.78 Å². The van der Waals surface area contributed by atoms with Crippen LogP contribution in [-0.4, -0.2) is 67.2 Å². The SMILES string of the molecule is COCCCN(CC1(O)CCC2C34C=CC5(C=C3C(=O)c3ccc(-c6ccccc6)cc3)CC(O)CCC5(C)C4CCC21C)S(=O)(=O)c1cccs1. The number of carbonyl (C=O) groups excluding carboxylic acids is 1. The van der Waals surface area contributed by atoms with Crippen LogP contribution in [0.5, 0.6) is 0 Å². The van der Waals surface area contributed by atoms with Crippen molar-refractivity contribution in [2.24, 2.45) is 33.5 Å². The lowest BCUT2D eigenvalue weighted by atomic mass is 9.32. The minimum absolute atomic E-state index is 0.00422. The summed E-state index contributed by atoms with van der Waals surface area (Å²) in [6.45, 7) is 5.20. The maximum Gasteiger partial charge on any atom is 0.252 e. The quantitative estimate of drug-likeness (QED) is 0.118. The number of hydrogen-bond acceptors (Lipinski definition) is 7. The first-order valence-electron chi connectivity index (χ1n) is 18.9. The standard InChI is InChI=1S/C43H51NO6S2/c1-39-19-16-33(45)27-41(39)22-23-43(34(28-41)38(46)32-14-12-31(13-15-32)30-9-5-4-6-10-30)35(39)17-20-40(2)36(43)18-21-42(40,47)29-44(24-8-25-50-3)52(48,49)37-11-7-26-51-37/h4-7,9-15,22-23,26,28,33,35-36,45,47H,8,16-21,24-25,27,29H2,1-3H3. The number of sulfonamides is 1. The highest BCUT2D eigenvalue weighted by atomic mass is 32.2. The fraction of sp³-hybridized carbons (Fsp3) is 0.512. The van der Waals surface area contributed by atoms with E-state index in [0.29, 0.717) is 37.9 Å². The van der Waals surface area contributed by atoms with Crippen LogP contribution >= 0.6 is 11.3 Å². The van der Waals surface area contributed by atoms with Gasteiger partial charge < -0.3 is 14.9 Å². The summed E-state index contributed by atoms with van der Waals surface area (Å²) in [4.78, 5) is 15.1. The number of ketones is 1. The number of nitrogens with zero attached hydrogens (tertiary/aromatic N) is 1. The molecule has 3 aromatic rings. The maximum absolute atomic E-state index is 15.1. The Labute approximate surface area is 312 Å². The Morgan fingerprint density at radius 3 is 2.31 bits per heavy atom. The largest absolute Gasteiger partial charge is 0.393 e. The highest BCUT2D eigenvalue weighted by molar-refractivity contribution is 7.91. The first-order valence-corrected chi connectivity index (χ1v) is 21.2. The number of hydrogen-bond donors (Lipinski definition) is 2.